The molecule has 0 aliphatic heterocycles. The highest BCUT2D eigenvalue weighted by Crippen LogP contribution is 2.18. The van der Waals surface area contributed by atoms with Gasteiger partial charge in [-0.15, -0.1) is 0 Å². The van der Waals surface area contributed by atoms with Crippen molar-refractivity contribution in [3.63, 3.8) is 0 Å². The van der Waals surface area contributed by atoms with Gasteiger partial charge >= 0.3 is 0 Å². The van der Waals surface area contributed by atoms with Gasteiger partial charge in [0.25, 0.3) is 0 Å². The Bertz CT molecular complexity index is 379. The van der Waals surface area contributed by atoms with E-state index in [9.17, 15) is 9.18 Å². The van der Waals surface area contributed by atoms with Gasteiger partial charge in [0.05, 0.1) is 0 Å². The van der Waals surface area contributed by atoms with Crippen LogP contribution in [0.25, 0.3) is 0 Å². The summed E-state index contributed by atoms with van der Waals surface area (Å²) in [4.78, 5) is 14.8. The second kappa shape index (κ2) is 4.92. The summed E-state index contributed by atoms with van der Waals surface area (Å²) >= 11 is 0. The molecule has 4 nitrogen and oxygen atoms in total. The number of carbonyl (C=O) groups excluding carboxylic acids is 1. The van der Waals surface area contributed by atoms with Crippen LogP contribution in [0.3, 0.4) is 0 Å². The predicted molar refractivity (Wildman–Crippen MR) is 58.5 cm³/mol. The van der Waals surface area contributed by atoms with Crippen molar-refractivity contribution in [2.24, 2.45) is 0 Å². The highest BCUT2D eigenvalue weighted by Gasteiger charge is 2.22. The molecular weight excluding hydrogens is 209 g/mol. The molecule has 0 saturated heterocycles. The van der Waals surface area contributed by atoms with Crippen molar-refractivity contribution in [3.8, 4) is 0 Å². The van der Waals surface area contributed by atoms with E-state index in [2.05, 4.69) is 15.6 Å². The van der Waals surface area contributed by atoms with Crippen LogP contribution < -0.4 is 10.6 Å². The third-order valence-electron chi connectivity index (χ3n) is 2.35. The Labute approximate surface area is 93.3 Å². The van der Waals surface area contributed by atoms with E-state index >= 15 is 0 Å². The van der Waals surface area contributed by atoms with Crippen LogP contribution in [0.1, 0.15) is 19.3 Å². The monoisotopic (exact) mass is 223 g/mol. The van der Waals surface area contributed by atoms with Crippen molar-refractivity contribution in [3.05, 3.63) is 24.3 Å². The van der Waals surface area contributed by atoms with Crippen LogP contribution in [0.5, 0.6) is 0 Å². The molecule has 1 aromatic heterocycles. The zero-order chi connectivity index (χ0) is 11.4. The van der Waals surface area contributed by atoms with Crippen LogP contribution in [-0.4, -0.2) is 23.5 Å². The van der Waals surface area contributed by atoms with Gasteiger partial charge in [-0.25, -0.2) is 4.98 Å². The van der Waals surface area contributed by atoms with Crippen molar-refractivity contribution in [1.29, 1.82) is 0 Å². The number of halogens is 1. The lowest BCUT2D eigenvalue weighted by Gasteiger charge is -2.06. The summed E-state index contributed by atoms with van der Waals surface area (Å²) in [5.74, 6) is -0.475. The van der Waals surface area contributed by atoms with Gasteiger partial charge in [0.15, 0.2) is 0 Å². The fourth-order valence-electron chi connectivity index (χ4n) is 1.36. The Morgan fingerprint density at radius 2 is 2.38 bits per heavy atom. The highest BCUT2D eigenvalue weighted by molar-refractivity contribution is 5.77. The first-order valence-corrected chi connectivity index (χ1v) is 5.39. The number of carbonyl (C=O) groups is 1. The maximum absolute atomic E-state index is 12.7. The van der Waals surface area contributed by atoms with Crippen LogP contribution in [0, 0.1) is 5.95 Å². The standard InChI is InChI=1S/C11H14FN3O/c12-10-7-9(3-5-14-10)13-6-4-11(16)15-8-1-2-8/h3,5,7-8H,1-2,4,6H2,(H,13,14)(H,15,16). The largest absolute Gasteiger partial charge is 0.384 e. The highest BCUT2D eigenvalue weighted by atomic mass is 19.1. The summed E-state index contributed by atoms with van der Waals surface area (Å²) in [7, 11) is 0. The summed E-state index contributed by atoms with van der Waals surface area (Å²) in [5, 5.41) is 5.86. The van der Waals surface area contributed by atoms with Crippen molar-refractivity contribution < 1.29 is 9.18 Å². The van der Waals surface area contributed by atoms with E-state index < -0.39 is 5.95 Å². The van der Waals surface area contributed by atoms with Gasteiger partial charge in [-0.3, -0.25) is 4.79 Å². The molecule has 0 atom stereocenters. The van der Waals surface area contributed by atoms with E-state index in [1.54, 1.807) is 6.07 Å². The van der Waals surface area contributed by atoms with Crippen LogP contribution >= 0.6 is 0 Å². The van der Waals surface area contributed by atoms with Gasteiger partial charge in [-0.1, -0.05) is 0 Å². The molecule has 1 saturated carbocycles. The quantitative estimate of drug-likeness (QED) is 0.740. The molecule has 0 spiro atoms. The Hall–Kier alpha value is -1.65. The van der Waals surface area contributed by atoms with E-state index in [-0.39, 0.29) is 5.91 Å². The average molecular weight is 223 g/mol. The number of pyridine rings is 1. The number of hydrogen-bond donors (Lipinski definition) is 2. The smallest absolute Gasteiger partial charge is 0.221 e. The maximum atomic E-state index is 12.7. The van der Waals surface area contributed by atoms with E-state index in [0.29, 0.717) is 24.7 Å². The van der Waals surface area contributed by atoms with E-state index in [4.69, 9.17) is 0 Å². The molecule has 2 rings (SSSR count). The minimum absolute atomic E-state index is 0.0459. The first-order valence-electron chi connectivity index (χ1n) is 5.39. The molecule has 86 valence electrons. The van der Waals surface area contributed by atoms with E-state index in [1.807, 2.05) is 0 Å². The molecule has 5 heteroatoms. The molecule has 0 radical (unpaired) electrons. The number of rotatable bonds is 5. The fourth-order valence-corrected chi connectivity index (χ4v) is 1.36. The van der Waals surface area contributed by atoms with Crippen molar-refractivity contribution >= 4 is 11.6 Å². The molecule has 2 N–H and O–H groups in total. The lowest BCUT2D eigenvalue weighted by molar-refractivity contribution is -0.120. The summed E-state index contributed by atoms with van der Waals surface area (Å²) in [6, 6.07) is 3.37. The zero-order valence-corrected chi connectivity index (χ0v) is 8.87. The average Bonchev–Trinajstić information content (AvgIpc) is 3.02. The van der Waals surface area contributed by atoms with Gasteiger partial charge in [-0.2, -0.15) is 4.39 Å². The third kappa shape index (κ3) is 3.49. The minimum Gasteiger partial charge on any atom is -0.384 e. The van der Waals surface area contributed by atoms with Gasteiger partial charge in [0, 0.05) is 37.0 Å². The molecule has 16 heavy (non-hydrogen) atoms. The third-order valence-corrected chi connectivity index (χ3v) is 2.35. The molecule has 1 aliphatic carbocycles. The maximum Gasteiger partial charge on any atom is 0.221 e. The minimum atomic E-state index is -0.521. The first-order chi connectivity index (χ1) is 7.74. The zero-order valence-electron chi connectivity index (χ0n) is 8.87. The first kappa shape index (κ1) is 10.9. The van der Waals surface area contributed by atoms with E-state index in [1.165, 1.54) is 12.3 Å². The molecule has 1 aliphatic rings. The number of nitrogens with zero attached hydrogens (tertiary/aromatic N) is 1. The van der Waals surface area contributed by atoms with Crippen molar-refractivity contribution in [2.75, 3.05) is 11.9 Å². The summed E-state index contributed by atoms with van der Waals surface area (Å²) in [6.07, 6.45) is 3.98. The van der Waals surface area contributed by atoms with Crippen molar-refractivity contribution in [1.82, 2.24) is 10.3 Å². The Morgan fingerprint density at radius 1 is 1.56 bits per heavy atom. The Morgan fingerprint density at radius 3 is 3.06 bits per heavy atom. The van der Waals surface area contributed by atoms with Crippen LogP contribution in [-0.2, 0) is 4.79 Å². The number of nitrogens with one attached hydrogen (secondary N) is 2. The van der Waals surface area contributed by atoms with Crippen LogP contribution in [0.2, 0.25) is 0 Å². The second-order valence-electron chi connectivity index (χ2n) is 3.89. The Balaban J connectivity index is 1.68. The predicted octanol–water partition coefficient (Wildman–Crippen LogP) is 1.30. The van der Waals surface area contributed by atoms with Crippen molar-refractivity contribution in [2.45, 2.75) is 25.3 Å². The molecule has 1 heterocycles. The SMILES string of the molecule is O=C(CCNc1ccnc(F)c1)NC1CC1. The van der Waals surface area contributed by atoms with E-state index in [0.717, 1.165) is 12.8 Å². The number of aromatic nitrogens is 1. The molecule has 1 amide bonds. The molecular formula is C11H14FN3O. The lowest BCUT2D eigenvalue weighted by atomic mass is 10.3. The number of amides is 1. The number of anilines is 1. The van der Waals surface area contributed by atoms with Crippen LogP contribution in [0.15, 0.2) is 18.3 Å². The normalized spacial score (nSPS) is 14.6. The molecule has 0 aromatic carbocycles. The van der Waals surface area contributed by atoms with Gasteiger partial charge in [0.2, 0.25) is 11.9 Å². The molecule has 0 unspecified atom stereocenters. The summed E-state index contributed by atoms with van der Waals surface area (Å²) in [5.41, 5.74) is 0.645. The van der Waals surface area contributed by atoms with Gasteiger partial charge < -0.3 is 10.6 Å². The number of hydrogen-bond acceptors (Lipinski definition) is 3. The van der Waals surface area contributed by atoms with Gasteiger partial charge in [-0.05, 0) is 18.9 Å². The molecule has 0 bridgehead atoms. The molecule has 1 aromatic rings. The van der Waals surface area contributed by atoms with Gasteiger partial charge in [0.1, 0.15) is 0 Å². The summed E-state index contributed by atoms with van der Waals surface area (Å²) in [6.45, 7) is 0.502. The second-order valence-corrected chi connectivity index (χ2v) is 3.89. The molecule has 1 fully saturated rings. The van der Waals surface area contributed by atoms with Crippen LogP contribution in [0.4, 0.5) is 10.1 Å². The Kier molecular flexibility index (Phi) is 3.34. The lowest BCUT2D eigenvalue weighted by Crippen LogP contribution is -2.27. The summed E-state index contributed by atoms with van der Waals surface area (Å²) < 4.78 is 12.7. The fraction of sp³-hybridized carbons (Fsp3) is 0.455. The topological polar surface area (TPSA) is 54.0 Å².